The van der Waals surface area contributed by atoms with Gasteiger partial charge in [0.25, 0.3) is 0 Å². The Labute approximate surface area is 106 Å². The second kappa shape index (κ2) is 4.97. The molecule has 0 amide bonds. The highest BCUT2D eigenvalue weighted by atomic mass is 32.1. The molecule has 0 aliphatic carbocycles. The van der Waals surface area contributed by atoms with Crippen LogP contribution in [-0.4, -0.2) is 4.98 Å². The summed E-state index contributed by atoms with van der Waals surface area (Å²) in [4.78, 5) is 3.55. The molecular weight excluding hydrogens is 261 g/mol. The van der Waals surface area contributed by atoms with Crippen molar-refractivity contribution in [1.82, 2.24) is 4.98 Å². The third-order valence-corrected chi connectivity index (χ3v) is 3.26. The van der Waals surface area contributed by atoms with E-state index in [0.29, 0.717) is 17.0 Å². The Bertz CT molecular complexity index is 517. The molecule has 0 fully saturated rings. The van der Waals surface area contributed by atoms with Gasteiger partial charge in [-0.2, -0.15) is 13.2 Å². The van der Waals surface area contributed by atoms with E-state index in [9.17, 15) is 13.2 Å². The van der Waals surface area contributed by atoms with Gasteiger partial charge in [0.05, 0.1) is 12.2 Å². The van der Waals surface area contributed by atoms with E-state index in [0.717, 1.165) is 11.3 Å². The topological polar surface area (TPSA) is 24.9 Å². The van der Waals surface area contributed by atoms with Crippen molar-refractivity contribution in [1.29, 1.82) is 0 Å². The van der Waals surface area contributed by atoms with Crippen molar-refractivity contribution in [2.45, 2.75) is 19.6 Å². The molecular formula is C12H11F3N2S. The third-order valence-electron chi connectivity index (χ3n) is 2.32. The monoisotopic (exact) mass is 272 g/mol. The summed E-state index contributed by atoms with van der Waals surface area (Å²) in [6.07, 6.45) is -4.35. The van der Waals surface area contributed by atoms with E-state index in [2.05, 4.69) is 10.3 Å². The summed E-state index contributed by atoms with van der Waals surface area (Å²) in [6.45, 7) is 2.26. The van der Waals surface area contributed by atoms with Crippen LogP contribution in [0, 0.1) is 6.92 Å². The summed E-state index contributed by atoms with van der Waals surface area (Å²) in [6, 6.07) is 7.63. The fourth-order valence-corrected chi connectivity index (χ4v) is 2.07. The molecule has 0 saturated carbocycles. The molecule has 1 N–H and O–H groups in total. The highest BCUT2D eigenvalue weighted by molar-refractivity contribution is 7.09. The number of benzene rings is 1. The van der Waals surface area contributed by atoms with E-state index < -0.39 is 11.2 Å². The Kier molecular flexibility index (Phi) is 3.56. The molecule has 1 aromatic heterocycles. The predicted octanol–water partition coefficient (Wildman–Crippen LogP) is 4.08. The van der Waals surface area contributed by atoms with E-state index in [1.165, 1.54) is 5.38 Å². The van der Waals surface area contributed by atoms with Gasteiger partial charge in [0.2, 0.25) is 0 Å². The van der Waals surface area contributed by atoms with Crippen LogP contribution in [0.2, 0.25) is 0 Å². The fourth-order valence-electron chi connectivity index (χ4n) is 1.38. The van der Waals surface area contributed by atoms with Gasteiger partial charge in [-0.25, -0.2) is 4.98 Å². The average molecular weight is 272 g/mol. The highest BCUT2D eigenvalue weighted by Gasteiger charge is 2.34. The molecule has 0 radical (unpaired) electrons. The second-order valence-corrected chi connectivity index (χ2v) is 4.72. The first-order valence-electron chi connectivity index (χ1n) is 5.27. The minimum atomic E-state index is -4.35. The first-order valence-corrected chi connectivity index (χ1v) is 6.15. The summed E-state index contributed by atoms with van der Waals surface area (Å²) in [5.74, 6) is 0. The van der Waals surface area contributed by atoms with Crippen molar-refractivity contribution in [2.24, 2.45) is 0 Å². The summed E-state index contributed by atoms with van der Waals surface area (Å²) < 4.78 is 37.0. The molecule has 2 rings (SSSR count). The van der Waals surface area contributed by atoms with Gasteiger partial charge in [-0.3, -0.25) is 0 Å². The van der Waals surface area contributed by atoms with Crippen LogP contribution < -0.4 is 5.32 Å². The van der Waals surface area contributed by atoms with Crippen molar-refractivity contribution in [3.8, 4) is 0 Å². The molecule has 0 aliphatic heterocycles. The van der Waals surface area contributed by atoms with E-state index in [-0.39, 0.29) is 6.54 Å². The minimum Gasteiger partial charge on any atom is -0.379 e. The lowest BCUT2D eigenvalue weighted by Gasteiger charge is -2.04. The summed E-state index contributed by atoms with van der Waals surface area (Å²) in [7, 11) is 0. The molecule has 0 saturated heterocycles. The maximum absolute atomic E-state index is 12.3. The molecule has 0 bridgehead atoms. The highest BCUT2D eigenvalue weighted by Crippen LogP contribution is 2.31. The zero-order valence-corrected chi connectivity index (χ0v) is 10.4. The van der Waals surface area contributed by atoms with Gasteiger partial charge in [0.15, 0.2) is 5.01 Å². The Hall–Kier alpha value is -1.56. The molecule has 0 spiro atoms. The van der Waals surface area contributed by atoms with Crippen molar-refractivity contribution >= 4 is 17.0 Å². The molecule has 96 valence electrons. The van der Waals surface area contributed by atoms with Gasteiger partial charge >= 0.3 is 6.18 Å². The van der Waals surface area contributed by atoms with Crippen molar-refractivity contribution in [3.05, 3.63) is 45.9 Å². The number of nitrogens with one attached hydrogen (secondary N) is 1. The van der Waals surface area contributed by atoms with Gasteiger partial charge in [-0.15, -0.1) is 11.3 Å². The summed E-state index contributed by atoms with van der Waals surface area (Å²) in [5, 5.41) is 3.65. The first-order chi connectivity index (χ1) is 8.45. The van der Waals surface area contributed by atoms with Crippen LogP contribution in [0.1, 0.15) is 16.3 Å². The van der Waals surface area contributed by atoms with Gasteiger partial charge in [-0.1, -0.05) is 17.7 Å². The number of nitrogens with zero attached hydrogens (tertiary/aromatic N) is 1. The normalized spacial score (nSPS) is 11.6. The Morgan fingerprint density at radius 1 is 1.22 bits per heavy atom. The van der Waals surface area contributed by atoms with Gasteiger partial charge < -0.3 is 5.32 Å². The molecule has 0 unspecified atom stereocenters. The lowest BCUT2D eigenvalue weighted by Crippen LogP contribution is -2.05. The first kappa shape index (κ1) is 12.9. The zero-order valence-electron chi connectivity index (χ0n) is 9.58. The number of rotatable bonds is 3. The lowest BCUT2D eigenvalue weighted by atomic mass is 10.2. The number of aryl methyl sites for hydroxylation is 1. The van der Waals surface area contributed by atoms with E-state index in [4.69, 9.17) is 0 Å². The summed E-state index contributed by atoms with van der Waals surface area (Å²) in [5.41, 5.74) is 2.39. The van der Waals surface area contributed by atoms with Crippen molar-refractivity contribution in [3.63, 3.8) is 0 Å². The predicted molar refractivity (Wildman–Crippen MR) is 65.6 cm³/mol. The molecule has 1 heterocycles. The Balaban J connectivity index is 1.98. The second-order valence-electron chi connectivity index (χ2n) is 3.86. The van der Waals surface area contributed by atoms with Crippen molar-refractivity contribution < 1.29 is 13.2 Å². The fraction of sp³-hybridized carbons (Fsp3) is 0.250. The number of aromatic nitrogens is 1. The average Bonchev–Trinajstić information content (AvgIpc) is 2.77. The molecule has 2 nitrogen and oxygen atoms in total. The van der Waals surface area contributed by atoms with Crippen LogP contribution in [0.25, 0.3) is 0 Å². The lowest BCUT2D eigenvalue weighted by molar-refractivity contribution is -0.137. The van der Waals surface area contributed by atoms with Gasteiger partial charge in [-0.05, 0) is 19.1 Å². The number of alkyl halides is 3. The van der Waals surface area contributed by atoms with Crippen molar-refractivity contribution in [2.75, 3.05) is 5.32 Å². The number of hydrogen-bond acceptors (Lipinski definition) is 3. The van der Waals surface area contributed by atoms with Crippen LogP contribution in [0.15, 0.2) is 29.6 Å². The maximum atomic E-state index is 12.3. The molecule has 0 aliphatic rings. The number of anilines is 1. The van der Waals surface area contributed by atoms with Crippen LogP contribution in [0.4, 0.5) is 18.9 Å². The van der Waals surface area contributed by atoms with Gasteiger partial charge in [0, 0.05) is 11.1 Å². The number of thiazole rings is 1. The van der Waals surface area contributed by atoms with Crippen LogP contribution >= 0.6 is 11.3 Å². The maximum Gasteiger partial charge on any atom is 0.443 e. The van der Waals surface area contributed by atoms with E-state index in [1.807, 2.05) is 31.2 Å². The van der Waals surface area contributed by atoms with Crippen LogP contribution in [0.5, 0.6) is 0 Å². The third kappa shape index (κ3) is 3.22. The molecule has 0 atom stereocenters. The molecule has 2 aromatic rings. The van der Waals surface area contributed by atoms with Crippen LogP contribution in [-0.2, 0) is 12.7 Å². The van der Waals surface area contributed by atoms with Crippen LogP contribution in [0.3, 0.4) is 0 Å². The quantitative estimate of drug-likeness (QED) is 0.910. The Morgan fingerprint density at radius 3 is 2.44 bits per heavy atom. The smallest absolute Gasteiger partial charge is 0.379 e. The zero-order chi connectivity index (χ0) is 13.2. The molecule has 18 heavy (non-hydrogen) atoms. The largest absolute Gasteiger partial charge is 0.443 e. The number of hydrogen-bond donors (Lipinski definition) is 1. The molecule has 6 heteroatoms. The summed E-state index contributed by atoms with van der Waals surface area (Å²) >= 11 is 0.618. The van der Waals surface area contributed by atoms with E-state index in [1.54, 1.807) is 0 Å². The van der Waals surface area contributed by atoms with Gasteiger partial charge in [0.1, 0.15) is 0 Å². The van der Waals surface area contributed by atoms with E-state index >= 15 is 0 Å². The molecule has 1 aromatic carbocycles. The Morgan fingerprint density at radius 2 is 1.89 bits per heavy atom. The SMILES string of the molecule is Cc1ccc(NCc2csc(C(F)(F)F)n2)cc1. The number of halogens is 3. The standard InChI is InChI=1S/C12H11F3N2S/c1-8-2-4-9(5-3-8)16-6-10-7-18-11(17-10)12(13,14)15/h2-5,7,16H,6H2,1H3. The minimum absolute atomic E-state index is 0.287.